The number of hydrogen-bond acceptors (Lipinski definition) is 4. The second-order valence-corrected chi connectivity index (χ2v) is 9.64. The number of alkyl halides is 1. The van der Waals surface area contributed by atoms with Crippen LogP contribution in [0.1, 0.15) is 54.6 Å². The summed E-state index contributed by atoms with van der Waals surface area (Å²) in [6.45, 7) is -1.03. The minimum absolute atomic E-state index is 0.0741. The SMILES string of the molecule is N#Cc1c(NC(=O)c2ccccc2F)sc2c1CCC(c1cccc3ccc(C(=O)CF)cc13)C2. The lowest BCUT2D eigenvalue weighted by molar-refractivity contribution is 0.0958. The second kappa shape index (κ2) is 9.40. The Morgan fingerprint density at radius 2 is 1.94 bits per heavy atom. The van der Waals surface area contributed by atoms with Crippen LogP contribution < -0.4 is 5.32 Å². The number of anilines is 1. The van der Waals surface area contributed by atoms with E-state index in [-0.39, 0.29) is 11.5 Å². The van der Waals surface area contributed by atoms with E-state index in [1.807, 2.05) is 24.3 Å². The Balaban J connectivity index is 1.47. The van der Waals surface area contributed by atoms with Gasteiger partial charge in [0.2, 0.25) is 0 Å². The lowest BCUT2D eigenvalue weighted by atomic mass is 9.81. The predicted octanol–water partition coefficient (Wildman–Crippen LogP) is 6.59. The summed E-state index contributed by atoms with van der Waals surface area (Å²) in [7, 11) is 0. The number of benzene rings is 3. The van der Waals surface area contributed by atoms with Gasteiger partial charge in [0.15, 0.2) is 12.5 Å². The van der Waals surface area contributed by atoms with Gasteiger partial charge in [-0.3, -0.25) is 9.59 Å². The summed E-state index contributed by atoms with van der Waals surface area (Å²) in [5.74, 6) is -1.61. The van der Waals surface area contributed by atoms with Crippen LogP contribution in [0.15, 0.2) is 60.7 Å². The highest BCUT2D eigenvalue weighted by Gasteiger charge is 2.28. The zero-order valence-electron chi connectivity index (χ0n) is 18.6. The molecule has 3 aromatic carbocycles. The fourth-order valence-electron chi connectivity index (χ4n) is 4.78. The van der Waals surface area contributed by atoms with Gasteiger partial charge in [0.25, 0.3) is 5.91 Å². The van der Waals surface area contributed by atoms with E-state index in [0.717, 1.165) is 33.2 Å². The van der Waals surface area contributed by atoms with Gasteiger partial charge in [0.05, 0.1) is 11.1 Å². The zero-order valence-corrected chi connectivity index (χ0v) is 19.4. The molecule has 1 aromatic heterocycles. The predicted molar refractivity (Wildman–Crippen MR) is 132 cm³/mol. The van der Waals surface area contributed by atoms with E-state index in [2.05, 4.69) is 11.4 Å². The van der Waals surface area contributed by atoms with Crippen LogP contribution >= 0.6 is 11.3 Å². The molecule has 0 radical (unpaired) electrons. The summed E-state index contributed by atoms with van der Waals surface area (Å²) in [6.07, 6.45) is 2.12. The third-order valence-electron chi connectivity index (χ3n) is 6.52. The first kappa shape index (κ1) is 22.9. The van der Waals surface area contributed by atoms with Crippen molar-refractivity contribution in [3.05, 3.63) is 99.2 Å². The molecular weight excluding hydrogens is 466 g/mol. The number of nitrogens with one attached hydrogen (secondary N) is 1. The number of carbonyl (C=O) groups is 2. The van der Waals surface area contributed by atoms with Crippen molar-refractivity contribution in [2.24, 2.45) is 0 Å². The van der Waals surface area contributed by atoms with Crippen molar-refractivity contribution in [2.75, 3.05) is 12.0 Å². The van der Waals surface area contributed by atoms with E-state index in [1.165, 1.54) is 29.5 Å². The van der Waals surface area contributed by atoms with Crippen LogP contribution in [-0.2, 0) is 12.8 Å². The molecule has 1 atom stereocenters. The highest BCUT2D eigenvalue weighted by atomic mass is 32.1. The first-order chi connectivity index (χ1) is 17.0. The average molecular weight is 487 g/mol. The lowest BCUT2D eigenvalue weighted by Crippen LogP contribution is -2.14. The molecule has 1 aliphatic rings. The number of fused-ring (bicyclic) bond motifs is 2. The quantitative estimate of drug-likeness (QED) is 0.324. The maximum Gasteiger partial charge on any atom is 0.259 e. The largest absolute Gasteiger partial charge is 0.312 e. The summed E-state index contributed by atoms with van der Waals surface area (Å²) in [5.41, 5.74) is 2.71. The molecule has 35 heavy (non-hydrogen) atoms. The number of rotatable bonds is 5. The number of carbonyl (C=O) groups excluding carboxylic acids is 2. The highest BCUT2D eigenvalue weighted by Crippen LogP contribution is 2.43. The third-order valence-corrected chi connectivity index (χ3v) is 7.69. The Bertz CT molecular complexity index is 1520. The smallest absolute Gasteiger partial charge is 0.259 e. The first-order valence-corrected chi connectivity index (χ1v) is 12.0. The van der Waals surface area contributed by atoms with E-state index in [4.69, 9.17) is 0 Å². The van der Waals surface area contributed by atoms with Crippen molar-refractivity contribution in [1.82, 2.24) is 0 Å². The van der Waals surface area contributed by atoms with Crippen LogP contribution in [0.25, 0.3) is 10.8 Å². The fourth-order valence-corrected chi connectivity index (χ4v) is 6.05. The molecule has 0 spiro atoms. The molecule has 1 amide bonds. The Kier molecular flexibility index (Phi) is 6.14. The molecular formula is C28H20F2N2O2S. The minimum atomic E-state index is -1.03. The molecule has 5 rings (SSSR count). The van der Waals surface area contributed by atoms with Gasteiger partial charge in [-0.1, -0.05) is 42.5 Å². The molecule has 0 fully saturated rings. The van der Waals surface area contributed by atoms with Gasteiger partial charge < -0.3 is 5.32 Å². The number of Topliss-reactive ketones (excluding diaryl/α,β-unsaturated/α-hetero) is 1. The molecule has 4 aromatic rings. The Morgan fingerprint density at radius 1 is 1.11 bits per heavy atom. The van der Waals surface area contributed by atoms with Gasteiger partial charge in [0, 0.05) is 10.4 Å². The Morgan fingerprint density at radius 3 is 2.71 bits per heavy atom. The summed E-state index contributed by atoms with van der Waals surface area (Å²) < 4.78 is 27.0. The molecule has 174 valence electrons. The second-order valence-electron chi connectivity index (χ2n) is 8.53. The van der Waals surface area contributed by atoms with Crippen LogP contribution in [0, 0.1) is 17.1 Å². The fraction of sp³-hybridized carbons (Fsp3) is 0.179. The third kappa shape index (κ3) is 4.22. The Labute approximate surface area is 204 Å². The molecule has 0 aliphatic heterocycles. The van der Waals surface area contributed by atoms with Crippen LogP contribution in [0.5, 0.6) is 0 Å². The molecule has 1 aliphatic carbocycles. The molecule has 1 unspecified atom stereocenters. The van der Waals surface area contributed by atoms with E-state index < -0.39 is 24.2 Å². The van der Waals surface area contributed by atoms with Crippen molar-refractivity contribution < 1.29 is 18.4 Å². The van der Waals surface area contributed by atoms with Gasteiger partial charge in [-0.25, -0.2) is 8.78 Å². The van der Waals surface area contributed by atoms with E-state index in [0.29, 0.717) is 29.0 Å². The number of ketones is 1. The topological polar surface area (TPSA) is 70.0 Å². The molecule has 0 saturated carbocycles. The van der Waals surface area contributed by atoms with Gasteiger partial charge in [-0.2, -0.15) is 5.26 Å². The molecule has 0 bridgehead atoms. The van der Waals surface area contributed by atoms with Crippen molar-refractivity contribution in [2.45, 2.75) is 25.2 Å². The molecule has 4 nitrogen and oxygen atoms in total. The van der Waals surface area contributed by atoms with E-state index >= 15 is 0 Å². The van der Waals surface area contributed by atoms with Crippen molar-refractivity contribution >= 4 is 38.8 Å². The van der Waals surface area contributed by atoms with Crippen LogP contribution in [0.2, 0.25) is 0 Å². The number of hydrogen-bond donors (Lipinski definition) is 1. The van der Waals surface area contributed by atoms with Crippen LogP contribution in [0.4, 0.5) is 13.8 Å². The molecule has 1 heterocycles. The van der Waals surface area contributed by atoms with Crippen LogP contribution in [-0.4, -0.2) is 18.4 Å². The molecule has 0 saturated heterocycles. The number of nitriles is 1. The maximum absolute atomic E-state index is 14.1. The van der Waals surface area contributed by atoms with Gasteiger partial charge in [-0.15, -0.1) is 11.3 Å². The first-order valence-electron chi connectivity index (χ1n) is 11.2. The van der Waals surface area contributed by atoms with Crippen molar-refractivity contribution in [3.8, 4) is 6.07 Å². The molecule has 7 heteroatoms. The van der Waals surface area contributed by atoms with E-state index in [1.54, 1.807) is 18.2 Å². The standard InChI is InChI=1S/C28H20F2N2O2S/c29-14-25(33)18-9-8-16-4-3-6-19(22(16)12-18)17-10-11-20-23(15-31)28(35-26(20)13-17)32-27(34)21-5-1-2-7-24(21)30/h1-9,12,17H,10-11,13-14H2,(H,32,34). The van der Waals surface area contributed by atoms with Gasteiger partial charge in [-0.05, 0) is 65.3 Å². The number of thiophene rings is 1. The lowest BCUT2D eigenvalue weighted by Gasteiger charge is -2.24. The average Bonchev–Trinajstić information content (AvgIpc) is 3.23. The monoisotopic (exact) mass is 486 g/mol. The molecule has 1 N–H and O–H groups in total. The number of halogens is 2. The zero-order chi connectivity index (χ0) is 24.5. The van der Waals surface area contributed by atoms with Gasteiger partial charge in [0.1, 0.15) is 16.9 Å². The normalized spacial score (nSPS) is 14.8. The van der Waals surface area contributed by atoms with Crippen LogP contribution in [0.3, 0.4) is 0 Å². The highest BCUT2D eigenvalue weighted by molar-refractivity contribution is 7.16. The number of amides is 1. The van der Waals surface area contributed by atoms with Crippen molar-refractivity contribution in [3.63, 3.8) is 0 Å². The summed E-state index contributed by atoms with van der Waals surface area (Å²) >= 11 is 1.35. The summed E-state index contributed by atoms with van der Waals surface area (Å²) in [6, 6.07) is 19.2. The minimum Gasteiger partial charge on any atom is -0.312 e. The number of nitrogens with zero attached hydrogens (tertiary/aromatic N) is 1. The maximum atomic E-state index is 14.1. The van der Waals surface area contributed by atoms with E-state index in [9.17, 15) is 23.6 Å². The summed E-state index contributed by atoms with van der Waals surface area (Å²) in [4.78, 5) is 25.6. The Hall–Kier alpha value is -3.89. The van der Waals surface area contributed by atoms with Gasteiger partial charge >= 0.3 is 0 Å². The summed E-state index contributed by atoms with van der Waals surface area (Å²) in [5, 5.41) is 14.9. The van der Waals surface area contributed by atoms with Crippen molar-refractivity contribution in [1.29, 1.82) is 5.26 Å².